The van der Waals surface area contributed by atoms with Gasteiger partial charge < -0.3 is 10.1 Å². The zero-order chi connectivity index (χ0) is 11.4. The molecule has 80 valence electrons. The van der Waals surface area contributed by atoms with Crippen LogP contribution in [-0.2, 0) is 0 Å². The maximum atomic E-state index is 5.38. The molecule has 0 saturated heterocycles. The van der Waals surface area contributed by atoms with E-state index in [-0.39, 0.29) is 6.61 Å². The first-order valence-electron chi connectivity index (χ1n) is 4.86. The molecule has 0 bridgehead atoms. The minimum absolute atomic E-state index is 0.199. The van der Waals surface area contributed by atoms with Crippen molar-refractivity contribution in [3.63, 3.8) is 0 Å². The number of nitrogens with one attached hydrogen (secondary N) is 1. The van der Waals surface area contributed by atoms with Gasteiger partial charge in [-0.25, -0.2) is 4.98 Å². The summed E-state index contributed by atoms with van der Waals surface area (Å²) in [5.41, 5.74) is 0.828. The van der Waals surface area contributed by atoms with Crippen molar-refractivity contribution in [1.82, 2.24) is 9.97 Å². The lowest BCUT2D eigenvalue weighted by atomic mass is 10.2. The Morgan fingerprint density at radius 3 is 2.94 bits per heavy atom. The number of hydrogen-bond acceptors (Lipinski definition) is 4. The molecule has 0 aliphatic rings. The first-order valence-corrected chi connectivity index (χ1v) is 4.86. The summed E-state index contributed by atoms with van der Waals surface area (Å²) in [6, 6.07) is 7.63. The Hall–Kier alpha value is -2.28. The van der Waals surface area contributed by atoms with Crippen molar-refractivity contribution in [3.05, 3.63) is 24.3 Å². The molecule has 0 aliphatic heterocycles. The Labute approximate surface area is 93.7 Å². The lowest BCUT2D eigenvalue weighted by molar-refractivity contribution is 0.360. The number of ether oxygens (including phenoxy) is 1. The quantitative estimate of drug-likeness (QED) is 0.788. The molecule has 16 heavy (non-hydrogen) atoms. The molecule has 4 nitrogen and oxygen atoms in total. The average Bonchev–Trinajstić information content (AvgIpc) is 2.35. The molecular formula is C12H11N3O. The lowest BCUT2D eigenvalue weighted by Crippen LogP contribution is -2.02. The fraction of sp³-hybridized carbons (Fsp3) is 0.167. The van der Waals surface area contributed by atoms with Crippen LogP contribution in [0.1, 0.15) is 0 Å². The highest BCUT2D eigenvalue weighted by Gasteiger charge is 2.06. The van der Waals surface area contributed by atoms with Crippen LogP contribution in [0.25, 0.3) is 10.9 Å². The van der Waals surface area contributed by atoms with Crippen LogP contribution >= 0.6 is 0 Å². The van der Waals surface area contributed by atoms with E-state index in [0.717, 1.165) is 10.9 Å². The van der Waals surface area contributed by atoms with Crippen LogP contribution in [0.15, 0.2) is 24.3 Å². The second-order valence-electron chi connectivity index (χ2n) is 3.11. The van der Waals surface area contributed by atoms with Crippen molar-refractivity contribution in [1.29, 1.82) is 0 Å². The van der Waals surface area contributed by atoms with Gasteiger partial charge in [0.1, 0.15) is 0 Å². The van der Waals surface area contributed by atoms with Crippen molar-refractivity contribution >= 4 is 16.9 Å². The lowest BCUT2D eigenvalue weighted by Gasteiger charge is -2.07. The van der Waals surface area contributed by atoms with Gasteiger partial charge >= 0.3 is 0 Å². The number of nitrogens with zero attached hydrogens (tertiary/aromatic N) is 2. The predicted molar refractivity (Wildman–Crippen MR) is 63.4 cm³/mol. The van der Waals surface area contributed by atoms with Crippen LogP contribution in [0.2, 0.25) is 0 Å². The Bertz CT molecular complexity index is 545. The van der Waals surface area contributed by atoms with E-state index in [2.05, 4.69) is 21.2 Å². The van der Waals surface area contributed by atoms with E-state index in [0.29, 0.717) is 11.8 Å². The molecule has 4 heteroatoms. The van der Waals surface area contributed by atoms with E-state index in [9.17, 15) is 0 Å². The standard InChI is InChI=1S/C12H11N3O/c1-3-8-16-11-9-6-4-5-7-10(9)14-12(13-2)15-11/h1,4-7H,8H2,2H3,(H,13,14,15). The maximum Gasteiger partial charge on any atom is 0.227 e. The SMILES string of the molecule is C#CCOc1nc(NC)nc2ccccc12. The molecule has 0 aliphatic carbocycles. The highest BCUT2D eigenvalue weighted by Crippen LogP contribution is 2.23. The first kappa shape index (κ1) is 10.2. The molecular weight excluding hydrogens is 202 g/mol. The monoisotopic (exact) mass is 213 g/mol. The van der Waals surface area contributed by atoms with Crippen molar-refractivity contribution in [3.8, 4) is 18.2 Å². The molecule has 0 saturated carbocycles. The molecule has 2 rings (SSSR count). The van der Waals surface area contributed by atoms with Gasteiger partial charge in [0.15, 0.2) is 6.61 Å². The molecule has 2 aromatic rings. The normalized spacial score (nSPS) is 9.75. The molecule has 0 unspecified atom stereocenters. The zero-order valence-corrected chi connectivity index (χ0v) is 8.90. The number of anilines is 1. The second-order valence-corrected chi connectivity index (χ2v) is 3.11. The third kappa shape index (κ3) is 1.89. The molecule has 0 amide bonds. The number of rotatable bonds is 3. The number of benzene rings is 1. The number of para-hydroxylation sites is 1. The van der Waals surface area contributed by atoms with Crippen LogP contribution in [0.4, 0.5) is 5.95 Å². The van der Waals surface area contributed by atoms with Crippen LogP contribution in [0.5, 0.6) is 5.88 Å². The van der Waals surface area contributed by atoms with Crippen LogP contribution < -0.4 is 10.1 Å². The third-order valence-corrected chi connectivity index (χ3v) is 2.08. The fourth-order valence-electron chi connectivity index (χ4n) is 1.38. The summed E-state index contributed by atoms with van der Waals surface area (Å²) in [6.45, 7) is 0.199. The number of fused-ring (bicyclic) bond motifs is 1. The Balaban J connectivity index is 2.55. The third-order valence-electron chi connectivity index (χ3n) is 2.08. The molecule has 1 aromatic heterocycles. The van der Waals surface area contributed by atoms with E-state index >= 15 is 0 Å². The van der Waals surface area contributed by atoms with Crippen molar-refractivity contribution < 1.29 is 4.74 Å². The van der Waals surface area contributed by atoms with Crippen LogP contribution in [0, 0.1) is 12.3 Å². The van der Waals surface area contributed by atoms with Crippen molar-refractivity contribution in [2.75, 3.05) is 19.0 Å². The summed E-state index contributed by atoms with van der Waals surface area (Å²) in [5.74, 6) is 3.44. The summed E-state index contributed by atoms with van der Waals surface area (Å²) in [4.78, 5) is 8.53. The minimum atomic E-state index is 0.199. The topological polar surface area (TPSA) is 47.0 Å². The molecule has 1 heterocycles. The largest absolute Gasteiger partial charge is 0.464 e. The Kier molecular flexibility index (Phi) is 2.88. The summed E-state index contributed by atoms with van der Waals surface area (Å²) in [5, 5.41) is 3.74. The van der Waals surface area contributed by atoms with Crippen LogP contribution in [0.3, 0.4) is 0 Å². The van der Waals surface area contributed by atoms with Crippen molar-refractivity contribution in [2.24, 2.45) is 0 Å². The molecule has 0 atom stereocenters. The van der Waals surface area contributed by atoms with Crippen molar-refractivity contribution in [2.45, 2.75) is 0 Å². The van der Waals surface area contributed by atoms with Gasteiger partial charge in [-0.3, -0.25) is 0 Å². The minimum Gasteiger partial charge on any atom is -0.464 e. The molecule has 1 N–H and O–H groups in total. The fourth-order valence-corrected chi connectivity index (χ4v) is 1.38. The smallest absolute Gasteiger partial charge is 0.227 e. The highest BCUT2D eigenvalue weighted by atomic mass is 16.5. The molecule has 1 aromatic carbocycles. The second kappa shape index (κ2) is 4.49. The van der Waals surface area contributed by atoms with Gasteiger partial charge in [0.2, 0.25) is 11.8 Å². The summed E-state index contributed by atoms with van der Waals surface area (Å²) >= 11 is 0. The predicted octanol–water partition coefficient (Wildman–Crippen LogP) is 1.68. The first-order chi connectivity index (χ1) is 7.85. The number of terminal acetylenes is 1. The van der Waals surface area contributed by atoms with E-state index in [1.807, 2.05) is 24.3 Å². The van der Waals surface area contributed by atoms with Gasteiger partial charge in [0.25, 0.3) is 0 Å². The Morgan fingerprint density at radius 2 is 2.19 bits per heavy atom. The number of aromatic nitrogens is 2. The van der Waals surface area contributed by atoms with Gasteiger partial charge in [-0.1, -0.05) is 18.1 Å². The zero-order valence-electron chi connectivity index (χ0n) is 8.90. The van der Waals surface area contributed by atoms with E-state index in [4.69, 9.17) is 11.2 Å². The van der Waals surface area contributed by atoms with Crippen LogP contribution in [-0.4, -0.2) is 23.6 Å². The van der Waals surface area contributed by atoms with E-state index in [1.165, 1.54) is 0 Å². The highest BCUT2D eigenvalue weighted by molar-refractivity contribution is 5.84. The van der Waals surface area contributed by atoms with Gasteiger partial charge in [0.05, 0.1) is 10.9 Å². The van der Waals surface area contributed by atoms with Gasteiger partial charge in [0, 0.05) is 7.05 Å². The summed E-state index contributed by atoms with van der Waals surface area (Å²) in [7, 11) is 1.76. The maximum absolute atomic E-state index is 5.38. The van der Waals surface area contributed by atoms with Gasteiger partial charge in [-0.2, -0.15) is 4.98 Å². The summed E-state index contributed by atoms with van der Waals surface area (Å²) < 4.78 is 5.38. The van der Waals surface area contributed by atoms with Gasteiger partial charge in [-0.15, -0.1) is 6.42 Å². The van der Waals surface area contributed by atoms with Gasteiger partial charge in [-0.05, 0) is 12.1 Å². The average molecular weight is 213 g/mol. The summed E-state index contributed by atoms with van der Waals surface area (Å²) in [6.07, 6.45) is 5.16. The Morgan fingerprint density at radius 1 is 1.38 bits per heavy atom. The molecule has 0 radical (unpaired) electrons. The molecule has 0 fully saturated rings. The number of hydrogen-bond donors (Lipinski definition) is 1. The molecule has 0 spiro atoms. The van der Waals surface area contributed by atoms with E-state index < -0.39 is 0 Å². The van der Waals surface area contributed by atoms with E-state index in [1.54, 1.807) is 7.05 Å².